The number of esters is 2. The lowest BCUT2D eigenvalue weighted by molar-refractivity contribution is -0.141. The van der Waals surface area contributed by atoms with Crippen LogP contribution in [-0.2, 0) is 31.9 Å². The van der Waals surface area contributed by atoms with Crippen molar-refractivity contribution >= 4 is 40.5 Å². The van der Waals surface area contributed by atoms with Crippen LogP contribution in [-0.4, -0.2) is 47.1 Å². The molecule has 3 aromatic rings. The topological polar surface area (TPSA) is 120 Å². The van der Waals surface area contributed by atoms with Gasteiger partial charge in [-0.25, -0.2) is 9.59 Å². The first-order chi connectivity index (χ1) is 19.5. The van der Waals surface area contributed by atoms with E-state index in [1.165, 1.54) is 7.11 Å². The zero-order chi connectivity index (χ0) is 29.6. The minimum Gasteiger partial charge on any atom is -0.467 e. The van der Waals surface area contributed by atoms with Crippen LogP contribution in [0.4, 0.5) is 10.5 Å². The van der Waals surface area contributed by atoms with Gasteiger partial charge in [-0.05, 0) is 74.7 Å². The predicted octanol–water partition coefficient (Wildman–Crippen LogP) is 5.52. The Kier molecular flexibility index (Phi) is 9.34. The molecule has 214 valence electrons. The fourth-order valence-electron chi connectivity index (χ4n) is 4.14. The van der Waals surface area contributed by atoms with Crippen LogP contribution in [0.25, 0.3) is 0 Å². The van der Waals surface area contributed by atoms with Gasteiger partial charge >= 0.3 is 11.9 Å². The molecule has 0 aromatic heterocycles. The summed E-state index contributed by atoms with van der Waals surface area (Å²) in [6.07, 6.45) is 0.758. The zero-order valence-corrected chi connectivity index (χ0v) is 24.1. The highest BCUT2D eigenvalue weighted by molar-refractivity contribution is 8.15. The first-order valence-electron chi connectivity index (χ1n) is 13.0. The molecular formula is C31H32N2O7S. The average molecular weight is 577 g/mol. The van der Waals surface area contributed by atoms with E-state index < -0.39 is 28.8 Å². The van der Waals surface area contributed by atoms with Crippen LogP contribution in [0.1, 0.15) is 42.3 Å². The van der Waals surface area contributed by atoms with E-state index in [2.05, 4.69) is 10.6 Å². The molecule has 0 spiro atoms. The standard InChI is InChI=1S/C31H32N2O7S/c1-31(2,3)40-28(35)23-7-5-6-8-24(23)32-25(29(36)38-4)17-19-9-13-21(14-10-19)39-22-15-11-20(12-16-22)18-26-27(34)33-30(37)41-26/h5-16,25-26,32H,17-18H2,1-4H3,(H,33,34,37). The lowest BCUT2D eigenvalue weighted by atomic mass is 10.0. The largest absolute Gasteiger partial charge is 0.467 e. The van der Waals surface area contributed by atoms with Crippen LogP contribution in [0.5, 0.6) is 11.5 Å². The Morgan fingerprint density at radius 2 is 1.54 bits per heavy atom. The van der Waals surface area contributed by atoms with Crippen molar-refractivity contribution in [3.05, 3.63) is 89.5 Å². The molecule has 0 radical (unpaired) electrons. The number of hydrogen-bond acceptors (Lipinski definition) is 9. The van der Waals surface area contributed by atoms with E-state index in [1.807, 2.05) is 36.4 Å². The summed E-state index contributed by atoms with van der Waals surface area (Å²) < 4.78 is 16.5. The summed E-state index contributed by atoms with van der Waals surface area (Å²) in [7, 11) is 1.32. The second-order valence-corrected chi connectivity index (χ2v) is 11.6. The Labute approximate surface area is 242 Å². The first-order valence-corrected chi connectivity index (χ1v) is 13.9. The normalized spacial score (nSPS) is 15.6. The summed E-state index contributed by atoms with van der Waals surface area (Å²) in [5.74, 6) is 0.000894. The molecule has 9 nitrogen and oxygen atoms in total. The Balaban J connectivity index is 1.39. The molecule has 0 aliphatic carbocycles. The van der Waals surface area contributed by atoms with Crippen LogP contribution in [0.3, 0.4) is 0 Å². The maximum absolute atomic E-state index is 12.7. The van der Waals surface area contributed by atoms with E-state index in [0.717, 1.165) is 22.9 Å². The summed E-state index contributed by atoms with van der Waals surface area (Å²) >= 11 is 1.00. The van der Waals surface area contributed by atoms with Gasteiger partial charge in [0.2, 0.25) is 5.91 Å². The number of nitrogens with one attached hydrogen (secondary N) is 2. The van der Waals surface area contributed by atoms with Crippen LogP contribution in [0.15, 0.2) is 72.8 Å². The van der Waals surface area contributed by atoms with E-state index in [9.17, 15) is 19.2 Å². The Hall–Kier alpha value is -4.31. The number of carbonyl (C=O) groups excluding carboxylic acids is 4. The smallest absolute Gasteiger partial charge is 0.340 e. The molecule has 2 N–H and O–H groups in total. The number of carbonyl (C=O) groups is 4. The van der Waals surface area contributed by atoms with Crippen molar-refractivity contribution in [2.45, 2.75) is 50.5 Å². The van der Waals surface area contributed by atoms with Crippen molar-refractivity contribution in [3.8, 4) is 11.5 Å². The molecule has 2 amide bonds. The zero-order valence-electron chi connectivity index (χ0n) is 23.3. The summed E-state index contributed by atoms with van der Waals surface area (Å²) in [6, 6.07) is 20.8. The van der Waals surface area contributed by atoms with Crippen molar-refractivity contribution in [2.75, 3.05) is 12.4 Å². The summed E-state index contributed by atoms with van der Waals surface area (Å²) in [4.78, 5) is 48.6. The molecule has 0 saturated carbocycles. The van der Waals surface area contributed by atoms with Gasteiger partial charge in [0.15, 0.2) is 0 Å². The Morgan fingerprint density at radius 1 is 0.927 bits per heavy atom. The number of anilines is 1. The maximum Gasteiger partial charge on any atom is 0.340 e. The minimum absolute atomic E-state index is 0.266. The monoisotopic (exact) mass is 576 g/mol. The van der Waals surface area contributed by atoms with Crippen molar-refractivity contribution in [2.24, 2.45) is 0 Å². The molecule has 41 heavy (non-hydrogen) atoms. The number of thioether (sulfide) groups is 1. The fraction of sp³-hybridized carbons (Fsp3) is 0.290. The van der Waals surface area contributed by atoms with Crippen LogP contribution >= 0.6 is 11.8 Å². The van der Waals surface area contributed by atoms with Gasteiger partial charge in [-0.1, -0.05) is 48.2 Å². The average Bonchev–Trinajstić information content (AvgIpc) is 3.25. The van der Waals surface area contributed by atoms with E-state index in [4.69, 9.17) is 14.2 Å². The van der Waals surface area contributed by atoms with E-state index in [-0.39, 0.29) is 11.1 Å². The second kappa shape index (κ2) is 12.9. The number of rotatable bonds is 10. The SMILES string of the molecule is COC(=O)C(Cc1ccc(Oc2ccc(CC3SC(=O)NC3=O)cc2)cc1)Nc1ccccc1C(=O)OC(C)(C)C. The van der Waals surface area contributed by atoms with Gasteiger partial charge in [0, 0.05) is 12.1 Å². The highest BCUT2D eigenvalue weighted by Crippen LogP contribution is 2.27. The van der Waals surface area contributed by atoms with Gasteiger partial charge in [-0.3, -0.25) is 14.9 Å². The quantitative estimate of drug-likeness (QED) is 0.300. The van der Waals surface area contributed by atoms with Crippen LogP contribution in [0.2, 0.25) is 0 Å². The molecule has 0 bridgehead atoms. The van der Waals surface area contributed by atoms with E-state index >= 15 is 0 Å². The number of para-hydroxylation sites is 1. The van der Waals surface area contributed by atoms with E-state index in [0.29, 0.717) is 35.6 Å². The maximum atomic E-state index is 12.7. The van der Waals surface area contributed by atoms with Crippen LogP contribution in [0, 0.1) is 0 Å². The fourth-order valence-corrected chi connectivity index (χ4v) is 5.00. The van der Waals surface area contributed by atoms with Gasteiger partial charge in [0.25, 0.3) is 5.24 Å². The lowest BCUT2D eigenvalue weighted by Gasteiger charge is -2.22. The first kappa shape index (κ1) is 29.7. The lowest BCUT2D eigenvalue weighted by Crippen LogP contribution is -2.34. The molecule has 4 rings (SSSR count). The minimum atomic E-state index is -0.752. The molecule has 1 aliphatic heterocycles. The highest BCUT2D eigenvalue weighted by atomic mass is 32.2. The molecule has 2 unspecified atom stereocenters. The third-order valence-corrected chi connectivity index (χ3v) is 7.05. The number of imide groups is 1. The summed E-state index contributed by atoms with van der Waals surface area (Å²) in [5, 5.41) is 4.71. The van der Waals surface area contributed by atoms with Gasteiger partial charge < -0.3 is 19.5 Å². The van der Waals surface area contributed by atoms with E-state index in [1.54, 1.807) is 57.2 Å². The van der Waals surface area contributed by atoms with Crippen molar-refractivity contribution in [3.63, 3.8) is 0 Å². The third kappa shape index (κ3) is 8.34. The number of amides is 2. The molecule has 10 heteroatoms. The van der Waals surface area contributed by atoms with Crippen molar-refractivity contribution in [1.29, 1.82) is 0 Å². The van der Waals surface area contributed by atoms with Crippen molar-refractivity contribution in [1.82, 2.24) is 5.32 Å². The number of ether oxygens (including phenoxy) is 3. The Morgan fingerprint density at radius 3 is 2.10 bits per heavy atom. The number of hydrogen-bond donors (Lipinski definition) is 2. The highest BCUT2D eigenvalue weighted by Gasteiger charge is 2.31. The van der Waals surface area contributed by atoms with Gasteiger partial charge in [0.1, 0.15) is 23.1 Å². The molecule has 1 aliphatic rings. The molecule has 1 saturated heterocycles. The second-order valence-electron chi connectivity index (χ2n) is 10.4. The number of benzene rings is 3. The number of methoxy groups -OCH3 is 1. The van der Waals surface area contributed by atoms with Crippen molar-refractivity contribution < 1.29 is 33.4 Å². The summed E-state index contributed by atoms with van der Waals surface area (Å²) in [5.41, 5.74) is 1.91. The van der Waals surface area contributed by atoms with Gasteiger partial charge in [-0.15, -0.1) is 0 Å². The molecule has 1 fully saturated rings. The van der Waals surface area contributed by atoms with Gasteiger partial charge in [-0.2, -0.15) is 0 Å². The van der Waals surface area contributed by atoms with Gasteiger partial charge in [0.05, 0.1) is 17.9 Å². The third-order valence-electron chi connectivity index (χ3n) is 6.07. The predicted molar refractivity (Wildman–Crippen MR) is 156 cm³/mol. The van der Waals surface area contributed by atoms with Crippen LogP contribution < -0.4 is 15.4 Å². The molecule has 1 heterocycles. The molecule has 3 aromatic carbocycles. The Bertz CT molecular complexity index is 1420. The molecular weight excluding hydrogens is 544 g/mol. The summed E-state index contributed by atoms with van der Waals surface area (Å²) in [6.45, 7) is 5.38. The molecule has 2 atom stereocenters.